The van der Waals surface area contributed by atoms with E-state index in [2.05, 4.69) is 13.8 Å². The number of aliphatic hydroxyl groups excluding tert-OH is 1. The van der Waals surface area contributed by atoms with Crippen LogP contribution in [0.3, 0.4) is 0 Å². The molecule has 1 aliphatic carbocycles. The predicted molar refractivity (Wildman–Crippen MR) is 70.8 cm³/mol. The van der Waals surface area contributed by atoms with Crippen molar-refractivity contribution in [3.05, 3.63) is 0 Å². The lowest BCUT2D eigenvalue weighted by Crippen LogP contribution is -2.47. The maximum absolute atomic E-state index is 12.6. The number of nitrogens with two attached hydrogens (primary N) is 1. The second-order valence-corrected chi connectivity index (χ2v) is 6.20. The molecule has 18 heavy (non-hydrogen) atoms. The summed E-state index contributed by atoms with van der Waals surface area (Å²) in [6.07, 6.45) is 3.89. The van der Waals surface area contributed by atoms with Crippen molar-refractivity contribution in [2.45, 2.75) is 51.6 Å². The summed E-state index contributed by atoms with van der Waals surface area (Å²) in [6.45, 7) is 5.15. The van der Waals surface area contributed by atoms with Crippen molar-refractivity contribution in [1.29, 1.82) is 0 Å². The molecule has 0 aromatic rings. The largest absolute Gasteiger partial charge is 0.394 e. The highest BCUT2D eigenvalue weighted by Gasteiger charge is 2.40. The molecule has 2 rings (SSSR count). The summed E-state index contributed by atoms with van der Waals surface area (Å²) >= 11 is 0. The van der Waals surface area contributed by atoms with E-state index in [1.54, 1.807) is 0 Å². The second-order valence-electron chi connectivity index (χ2n) is 6.20. The van der Waals surface area contributed by atoms with Gasteiger partial charge in [-0.1, -0.05) is 13.8 Å². The highest BCUT2D eigenvalue weighted by molar-refractivity contribution is 5.80. The molecule has 1 amide bonds. The van der Waals surface area contributed by atoms with Crippen LogP contribution in [-0.2, 0) is 4.79 Å². The van der Waals surface area contributed by atoms with E-state index in [0.29, 0.717) is 11.8 Å². The molecular weight excluding hydrogens is 228 g/mol. The van der Waals surface area contributed by atoms with Gasteiger partial charge in [-0.3, -0.25) is 4.79 Å². The monoisotopic (exact) mass is 254 g/mol. The number of likely N-dealkylation sites (tertiary alicyclic amines) is 1. The molecule has 1 saturated carbocycles. The lowest BCUT2D eigenvalue weighted by atomic mass is 9.77. The van der Waals surface area contributed by atoms with Gasteiger partial charge in [0, 0.05) is 18.5 Å². The number of carbonyl (C=O) groups excluding carboxylic acids is 1. The first kappa shape index (κ1) is 13.8. The summed E-state index contributed by atoms with van der Waals surface area (Å²) in [5.74, 6) is 1.12. The van der Waals surface area contributed by atoms with Crippen LogP contribution in [0.1, 0.15) is 39.5 Å². The minimum Gasteiger partial charge on any atom is -0.394 e. The Hall–Kier alpha value is -0.610. The van der Waals surface area contributed by atoms with E-state index < -0.39 is 0 Å². The number of hydrogen-bond donors (Lipinski definition) is 2. The Morgan fingerprint density at radius 3 is 2.67 bits per heavy atom. The average molecular weight is 254 g/mol. The van der Waals surface area contributed by atoms with E-state index in [9.17, 15) is 9.90 Å². The minimum atomic E-state index is 0.0165. The molecule has 0 radical (unpaired) electrons. The molecule has 0 aromatic carbocycles. The molecule has 0 bridgehead atoms. The van der Waals surface area contributed by atoms with Crippen molar-refractivity contribution < 1.29 is 9.90 Å². The van der Waals surface area contributed by atoms with E-state index >= 15 is 0 Å². The van der Waals surface area contributed by atoms with Gasteiger partial charge in [-0.25, -0.2) is 0 Å². The standard InChI is InChI=1S/C14H26N2O2/c1-9-3-4-11(15)7-12(9)14(18)16-6-5-10(2)13(16)8-17/h9-13,17H,3-8,15H2,1-2H3. The first-order chi connectivity index (χ1) is 8.54. The zero-order valence-electron chi connectivity index (χ0n) is 11.5. The summed E-state index contributed by atoms with van der Waals surface area (Å²) < 4.78 is 0. The van der Waals surface area contributed by atoms with E-state index in [0.717, 1.165) is 32.2 Å². The Kier molecular flexibility index (Phi) is 4.28. The molecule has 3 N–H and O–H groups in total. The van der Waals surface area contributed by atoms with Gasteiger partial charge in [-0.2, -0.15) is 0 Å². The molecule has 2 fully saturated rings. The number of nitrogens with zero attached hydrogens (tertiary/aromatic N) is 1. The predicted octanol–water partition coefficient (Wildman–Crippen LogP) is 0.979. The van der Waals surface area contributed by atoms with Gasteiger partial charge in [0.25, 0.3) is 0 Å². The molecule has 5 unspecified atom stereocenters. The zero-order chi connectivity index (χ0) is 13.3. The SMILES string of the molecule is CC1CCC(N)CC1C(=O)N1CCC(C)C1CO. The summed E-state index contributed by atoms with van der Waals surface area (Å²) in [4.78, 5) is 14.5. The van der Waals surface area contributed by atoms with Crippen molar-refractivity contribution in [2.24, 2.45) is 23.5 Å². The molecule has 1 aliphatic heterocycles. The zero-order valence-corrected chi connectivity index (χ0v) is 11.5. The molecule has 0 aromatic heterocycles. The Balaban J connectivity index is 2.06. The van der Waals surface area contributed by atoms with Gasteiger partial charge in [0.2, 0.25) is 5.91 Å². The van der Waals surface area contributed by atoms with Crippen LogP contribution in [0, 0.1) is 17.8 Å². The Labute approximate surface area is 110 Å². The van der Waals surface area contributed by atoms with Crippen LogP contribution in [0.2, 0.25) is 0 Å². The third kappa shape index (κ3) is 2.54. The number of hydrogen-bond acceptors (Lipinski definition) is 3. The summed E-state index contributed by atoms with van der Waals surface area (Å²) in [5.41, 5.74) is 6.00. The Bertz CT molecular complexity index is 304. The maximum Gasteiger partial charge on any atom is 0.226 e. The fourth-order valence-electron chi connectivity index (χ4n) is 3.47. The molecule has 1 saturated heterocycles. The third-order valence-electron chi connectivity index (χ3n) is 4.91. The van der Waals surface area contributed by atoms with Crippen molar-refractivity contribution >= 4 is 5.91 Å². The van der Waals surface area contributed by atoms with Crippen LogP contribution >= 0.6 is 0 Å². The first-order valence-corrected chi connectivity index (χ1v) is 7.21. The topological polar surface area (TPSA) is 66.6 Å². The summed E-state index contributed by atoms with van der Waals surface area (Å²) in [7, 11) is 0. The average Bonchev–Trinajstić information content (AvgIpc) is 2.72. The van der Waals surface area contributed by atoms with Gasteiger partial charge in [0.1, 0.15) is 0 Å². The van der Waals surface area contributed by atoms with Crippen LogP contribution in [-0.4, -0.2) is 41.1 Å². The summed E-state index contributed by atoms with van der Waals surface area (Å²) in [5, 5.41) is 9.45. The maximum atomic E-state index is 12.6. The quantitative estimate of drug-likeness (QED) is 0.772. The molecule has 5 atom stereocenters. The number of rotatable bonds is 2. The van der Waals surface area contributed by atoms with Gasteiger partial charge < -0.3 is 15.7 Å². The molecule has 104 valence electrons. The smallest absolute Gasteiger partial charge is 0.226 e. The number of aliphatic hydroxyl groups is 1. The highest BCUT2D eigenvalue weighted by Crippen LogP contribution is 2.33. The van der Waals surface area contributed by atoms with Gasteiger partial charge >= 0.3 is 0 Å². The molecule has 2 aliphatic rings. The first-order valence-electron chi connectivity index (χ1n) is 7.21. The highest BCUT2D eigenvalue weighted by atomic mass is 16.3. The van der Waals surface area contributed by atoms with Crippen molar-refractivity contribution in [3.63, 3.8) is 0 Å². The number of amides is 1. The van der Waals surface area contributed by atoms with Crippen LogP contribution in [0.4, 0.5) is 0 Å². The second kappa shape index (κ2) is 5.57. The van der Waals surface area contributed by atoms with Gasteiger partial charge in [0.15, 0.2) is 0 Å². The lowest BCUT2D eigenvalue weighted by molar-refractivity contribution is -0.140. The Morgan fingerprint density at radius 1 is 1.28 bits per heavy atom. The van der Waals surface area contributed by atoms with E-state index in [-0.39, 0.29) is 30.5 Å². The third-order valence-corrected chi connectivity index (χ3v) is 4.91. The van der Waals surface area contributed by atoms with Crippen molar-refractivity contribution in [3.8, 4) is 0 Å². The van der Waals surface area contributed by atoms with Crippen molar-refractivity contribution in [2.75, 3.05) is 13.2 Å². The normalized spacial score (nSPS) is 41.1. The molecule has 1 heterocycles. The van der Waals surface area contributed by atoms with Gasteiger partial charge in [-0.15, -0.1) is 0 Å². The molecule has 0 spiro atoms. The van der Waals surface area contributed by atoms with Gasteiger partial charge in [-0.05, 0) is 37.5 Å². The van der Waals surface area contributed by atoms with E-state index in [1.165, 1.54) is 0 Å². The van der Waals surface area contributed by atoms with Crippen LogP contribution in [0.15, 0.2) is 0 Å². The van der Waals surface area contributed by atoms with Crippen LogP contribution in [0.25, 0.3) is 0 Å². The minimum absolute atomic E-state index is 0.0165. The lowest BCUT2D eigenvalue weighted by Gasteiger charge is -2.36. The molecular formula is C14H26N2O2. The van der Waals surface area contributed by atoms with Crippen LogP contribution < -0.4 is 5.73 Å². The Morgan fingerprint density at radius 2 is 2.00 bits per heavy atom. The van der Waals surface area contributed by atoms with Crippen molar-refractivity contribution in [1.82, 2.24) is 4.90 Å². The van der Waals surface area contributed by atoms with E-state index in [4.69, 9.17) is 5.73 Å². The fourth-order valence-corrected chi connectivity index (χ4v) is 3.47. The van der Waals surface area contributed by atoms with Crippen LogP contribution in [0.5, 0.6) is 0 Å². The van der Waals surface area contributed by atoms with E-state index in [1.807, 2.05) is 4.90 Å². The fraction of sp³-hybridized carbons (Fsp3) is 0.929. The summed E-state index contributed by atoms with van der Waals surface area (Å²) in [6, 6.07) is 0.186. The molecule has 4 nitrogen and oxygen atoms in total. The number of carbonyl (C=O) groups is 1. The van der Waals surface area contributed by atoms with Gasteiger partial charge in [0.05, 0.1) is 12.6 Å². The molecule has 4 heteroatoms.